The Morgan fingerprint density at radius 1 is 1.50 bits per heavy atom. The number of aromatic nitrogens is 1. The molecule has 0 radical (unpaired) electrons. The van der Waals surface area contributed by atoms with Crippen LogP contribution in [-0.4, -0.2) is 4.98 Å². The first kappa shape index (κ1) is 9.17. The second-order valence-electron chi connectivity index (χ2n) is 3.42. The highest BCUT2D eigenvalue weighted by Gasteiger charge is 1.98. The zero-order chi connectivity index (χ0) is 8.97. The van der Waals surface area contributed by atoms with Gasteiger partial charge in [0.1, 0.15) is 0 Å². The quantitative estimate of drug-likeness (QED) is 0.631. The first-order valence-electron chi connectivity index (χ1n) is 4.29. The SMILES string of the molecule is CC(C)CCc1ccnc(F)c1. The molecular weight excluding hydrogens is 153 g/mol. The molecule has 0 saturated carbocycles. The fourth-order valence-corrected chi connectivity index (χ4v) is 1.05. The Morgan fingerprint density at radius 2 is 2.25 bits per heavy atom. The van der Waals surface area contributed by atoms with Crippen molar-refractivity contribution < 1.29 is 4.39 Å². The van der Waals surface area contributed by atoms with E-state index in [0.29, 0.717) is 5.92 Å². The lowest BCUT2D eigenvalue weighted by Gasteiger charge is -2.03. The summed E-state index contributed by atoms with van der Waals surface area (Å²) in [5.41, 5.74) is 1.04. The van der Waals surface area contributed by atoms with Crippen molar-refractivity contribution in [2.24, 2.45) is 5.92 Å². The first-order chi connectivity index (χ1) is 5.68. The molecule has 0 aliphatic heterocycles. The van der Waals surface area contributed by atoms with Crippen LogP contribution in [0.3, 0.4) is 0 Å². The summed E-state index contributed by atoms with van der Waals surface area (Å²) in [4.78, 5) is 3.50. The fraction of sp³-hybridized carbons (Fsp3) is 0.500. The van der Waals surface area contributed by atoms with E-state index in [2.05, 4.69) is 18.8 Å². The van der Waals surface area contributed by atoms with Crippen molar-refractivity contribution >= 4 is 0 Å². The van der Waals surface area contributed by atoms with E-state index in [0.717, 1.165) is 18.4 Å². The summed E-state index contributed by atoms with van der Waals surface area (Å²) in [7, 11) is 0. The van der Waals surface area contributed by atoms with Crippen molar-refractivity contribution in [3.63, 3.8) is 0 Å². The summed E-state index contributed by atoms with van der Waals surface area (Å²) in [6.07, 6.45) is 3.56. The van der Waals surface area contributed by atoms with E-state index in [1.54, 1.807) is 0 Å². The third-order valence-electron chi connectivity index (χ3n) is 1.80. The van der Waals surface area contributed by atoms with E-state index in [9.17, 15) is 4.39 Å². The molecule has 1 nitrogen and oxygen atoms in total. The van der Waals surface area contributed by atoms with E-state index < -0.39 is 0 Å². The van der Waals surface area contributed by atoms with Gasteiger partial charge in [0, 0.05) is 6.20 Å². The third-order valence-corrected chi connectivity index (χ3v) is 1.80. The molecule has 0 spiro atoms. The molecule has 0 amide bonds. The summed E-state index contributed by atoms with van der Waals surface area (Å²) in [5.74, 6) is 0.289. The zero-order valence-corrected chi connectivity index (χ0v) is 7.55. The number of hydrogen-bond acceptors (Lipinski definition) is 1. The van der Waals surface area contributed by atoms with Crippen LogP contribution in [0, 0.1) is 11.9 Å². The second kappa shape index (κ2) is 4.19. The average Bonchev–Trinajstić information content (AvgIpc) is 2.01. The molecule has 0 aliphatic rings. The summed E-state index contributed by atoms with van der Waals surface area (Å²) >= 11 is 0. The van der Waals surface area contributed by atoms with Crippen molar-refractivity contribution in [3.8, 4) is 0 Å². The van der Waals surface area contributed by atoms with Crippen LogP contribution >= 0.6 is 0 Å². The Kier molecular flexibility index (Phi) is 3.20. The number of nitrogens with zero attached hydrogens (tertiary/aromatic N) is 1. The maximum atomic E-state index is 12.6. The van der Waals surface area contributed by atoms with E-state index in [4.69, 9.17) is 0 Å². The van der Waals surface area contributed by atoms with Gasteiger partial charge in [0.05, 0.1) is 0 Å². The van der Waals surface area contributed by atoms with Crippen molar-refractivity contribution in [2.75, 3.05) is 0 Å². The molecule has 0 fully saturated rings. The maximum Gasteiger partial charge on any atom is 0.213 e. The maximum absolute atomic E-state index is 12.6. The monoisotopic (exact) mass is 167 g/mol. The molecule has 0 aromatic carbocycles. The van der Waals surface area contributed by atoms with Gasteiger partial charge in [-0.15, -0.1) is 0 Å². The molecular formula is C10H14FN. The Morgan fingerprint density at radius 3 is 2.83 bits per heavy atom. The van der Waals surface area contributed by atoms with Crippen LogP contribution in [0.15, 0.2) is 18.3 Å². The van der Waals surface area contributed by atoms with Gasteiger partial charge in [0.25, 0.3) is 0 Å². The molecule has 1 aromatic heterocycles. The molecule has 0 unspecified atom stereocenters. The summed E-state index contributed by atoms with van der Waals surface area (Å²) in [6.45, 7) is 4.33. The van der Waals surface area contributed by atoms with Crippen LogP contribution in [0.2, 0.25) is 0 Å². The minimum Gasteiger partial charge on any atom is -0.228 e. The largest absolute Gasteiger partial charge is 0.228 e. The standard InChI is InChI=1S/C10H14FN/c1-8(2)3-4-9-5-6-12-10(11)7-9/h5-8H,3-4H2,1-2H3. The lowest BCUT2D eigenvalue weighted by molar-refractivity contribution is 0.567. The molecule has 0 N–H and O–H groups in total. The van der Waals surface area contributed by atoms with Crippen molar-refractivity contribution in [1.29, 1.82) is 0 Å². The second-order valence-corrected chi connectivity index (χ2v) is 3.42. The van der Waals surface area contributed by atoms with Gasteiger partial charge in [-0.3, -0.25) is 0 Å². The van der Waals surface area contributed by atoms with Crippen LogP contribution in [0.1, 0.15) is 25.8 Å². The van der Waals surface area contributed by atoms with Crippen molar-refractivity contribution in [3.05, 3.63) is 29.8 Å². The number of rotatable bonds is 3. The van der Waals surface area contributed by atoms with Gasteiger partial charge in [-0.25, -0.2) is 4.98 Å². The Hall–Kier alpha value is -0.920. The average molecular weight is 167 g/mol. The molecule has 1 rings (SSSR count). The molecule has 12 heavy (non-hydrogen) atoms. The molecule has 0 atom stereocenters. The highest BCUT2D eigenvalue weighted by molar-refractivity contribution is 5.10. The van der Waals surface area contributed by atoms with Crippen LogP contribution < -0.4 is 0 Å². The molecule has 2 heteroatoms. The zero-order valence-electron chi connectivity index (χ0n) is 7.55. The number of aryl methyl sites for hydroxylation is 1. The van der Waals surface area contributed by atoms with Gasteiger partial charge in [-0.2, -0.15) is 4.39 Å². The molecule has 0 bridgehead atoms. The summed E-state index contributed by atoms with van der Waals surface area (Å²) in [6, 6.07) is 3.37. The third kappa shape index (κ3) is 2.99. The van der Waals surface area contributed by atoms with Gasteiger partial charge in [0.2, 0.25) is 5.95 Å². The summed E-state index contributed by atoms with van der Waals surface area (Å²) in [5, 5.41) is 0. The first-order valence-corrected chi connectivity index (χ1v) is 4.29. The smallest absolute Gasteiger partial charge is 0.213 e. The molecule has 0 saturated heterocycles. The minimum atomic E-state index is -0.378. The Labute approximate surface area is 72.6 Å². The van der Waals surface area contributed by atoms with Gasteiger partial charge in [-0.05, 0) is 36.5 Å². The van der Waals surface area contributed by atoms with E-state index in [-0.39, 0.29) is 5.95 Å². The normalized spacial score (nSPS) is 10.7. The van der Waals surface area contributed by atoms with E-state index >= 15 is 0 Å². The van der Waals surface area contributed by atoms with Gasteiger partial charge >= 0.3 is 0 Å². The predicted octanol–water partition coefficient (Wildman–Crippen LogP) is 2.81. The highest BCUT2D eigenvalue weighted by Crippen LogP contribution is 2.08. The Bertz CT molecular complexity index is 245. The van der Waals surface area contributed by atoms with Gasteiger partial charge in [-0.1, -0.05) is 13.8 Å². The van der Waals surface area contributed by atoms with Crippen LogP contribution in [0.4, 0.5) is 4.39 Å². The van der Waals surface area contributed by atoms with Crippen LogP contribution in [-0.2, 0) is 6.42 Å². The van der Waals surface area contributed by atoms with Gasteiger partial charge < -0.3 is 0 Å². The number of hydrogen-bond donors (Lipinski definition) is 0. The fourth-order valence-electron chi connectivity index (χ4n) is 1.05. The topological polar surface area (TPSA) is 12.9 Å². The molecule has 1 aromatic rings. The summed E-state index contributed by atoms with van der Waals surface area (Å²) < 4.78 is 12.6. The van der Waals surface area contributed by atoms with Gasteiger partial charge in [0.15, 0.2) is 0 Å². The van der Waals surface area contributed by atoms with E-state index in [1.807, 2.05) is 6.07 Å². The molecule has 66 valence electrons. The highest BCUT2D eigenvalue weighted by atomic mass is 19.1. The number of halogens is 1. The van der Waals surface area contributed by atoms with Crippen LogP contribution in [0.5, 0.6) is 0 Å². The number of pyridine rings is 1. The van der Waals surface area contributed by atoms with E-state index in [1.165, 1.54) is 12.3 Å². The van der Waals surface area contributed by atoms with Crippen molar-refractivity contribution in [2.45, 2.75) is 26.7 Å². The lowest BCUT2D eigenvalue weighted by atomic mass is 10.0. The molecule has 1 heterocycles. The van der Waals surface area contributed by atoms with Crippen molar-refractivity contribution in [1.82, 2.24) is 4.98 Å². The Balaban J connectivity index is 2.52. The predicted molar refractivity (Wildman–Crippen MR) is 47.4 cm³/mol. The minimum absolute atomic E-state index is 0.378. The van der Waals surface area contributed by atoms with Crippen LogP contribution in [0.25, 0.3) is 0 Å². The molecule has 0 aliphatic carbocycles. The lowest BCUT2D eigenvalue weighted by Crippen LogP contribution is -1.93.